The van der Waals surface area contributed by atoms with Gasteiger partial charge in [0, 0.05) is 18.7 Å². The second-order valence-corrected chi connectivity index (χ2v) is 6.64. The summed E-state index contributed by atoms with van der Waals surface area (Å²) in [5.74, 6) is -3.25. The molecule has 2 aromatic carbocycles. The summed E-state index contributed by atoms with van der Waals surface area (Å²) < 4.78 is 43.3. The number of nitrogens with zero attached hydrogens (tertiary/aromatic N) is 1. The van der Waals surface area contributed by atoms with Crippen LogP contribution in [0.3, 0.4) is 0 Å². The van der Waals surface area contributed by atoms with E-state index in [1.54, 1.807) is 0 Å². The number of halogens is 3. The largest absolute Gasteiger partial charge is 0.505 e. The zero-order chi connectivity index (χ0) is 22.1. The summed E-state index contributed by atoms with van der Waals surface area (Å²) >= 11 is 0. The Bertz CT molecular complexity index is 1010. The SMILES string of the molecule is COC(=O)c1cccc(NC(=O)C2CC(=O)N(c3cccc(C(F)(F)F)c3)C2)c1O. The molecule has 2 amide bonds. The van der Waals surface area contributed by atoms with Gasteiger partial charge in [0.05, 0.1) is 24.3 Å². The number of methoxy groups -OCH3 is 1. The Morgan fingerprint density at radius 1 is 1.20 bits per heavy atom. The average Bonchev–Trinajstić information content (AvgIpc) is 3.10. The Balaban J connectivity index is 1.76. The minimum absolute atomic E-state index is 0.0423. The number of para-hydroxylation sites is 1. The Labute approximate surface area is 169 Å². The first-order chi connectivity index (χ1) is 14.1. The average molecular weight is 422 g/mol. The third-order valence-corrected chi connectivity index (χ3v) is 4.68. The van der Waals surface area contributed by atoms with Gasteiger partial charge in [-0.25, -0.2) is 4.79 Å². The molecule has 1 saturated heterocycles. The van der Waals surface area contributed by atoms with E-state index in [9.17, 15) is 32.7 Å². The molecule has 1 aliphatic heterocycles. The number of carbonyl (C=O) groups is 3. The molecule has 30 heavy (non-hydrogen) atoms. The van der Waals surface area contributed by atoms with Crippen LogP contribution in [0, 0.1) is 5.92 Å². The van der Waals surface area contributed by atoms with E-state index in [1.807, 2.05) is 0 Å². The highest BCUT2D eigenvalue weighted by molar-refractivity contribution is 6.05. The molecule has 1 atom stereocenters. The number of amides is 2. The van der Waals surface area contributed by atoms with E-state index < -0.39 is 41.2 Å². The molecule has 158 valence electrons. The molecule has 0 bridgehead atoms. The molecular weight excluding hydrogens is 405 g/mol. The summed E-state index contributed by atoms with van der Waals surface area (Å²) in [6.07, 6.45) is -4.77. The first-order valence-electron chi connectivity index (χ1n) is 8.80. The Kier molecular flexibility index (Phi) is 5.68. The number of hydrogen-bond donors (Lipinski definition) is 2. The number of esters is 1. The van der Waals surface area contributed by atoms with E-state index in [-0.39, 0.29) is 29.9 Å². The Morgan fingerprint density at radius 2 is 1.90 bits per heavy atom. The number of nitrogens with one attached hydrogen (secondary N) is 1. The van der Waals surface area contributed by atoms with E-state index in [2.05, 4.69) is 10.1 Å². The summed E-state index contributed by atoms with van der Waals surface area (Å²) in [6, 6.07) is 8.39. The highest BCUT2D eigenvalue weighted by Crippen LogP contribution is 2.34. The molecule has 0 saturated carbocycles. The molecule has 1 aliphatic rings. The molecule has 3 rings (SSSR count). The van der Waals surface area contributed by atoms with E-state index in [0.717, 1.165) is 24.1 Å². The van der Waals surface area contributed by atoms with Gasteiger partial charge in [-0.05, 0) is 30.3 Å². The fraction of sp³-hybridized carbons (Fsp3) is 0.250. The van der Waals surface area contributed by atoms with Crippen molar-refractivity contribution in [2.45, 2.75) is 12.6 Å². The van der Waals surface area contributed by atoms with Gasteiger partial charge in [0.25, 0.3) is 0 Å². The van der Waals surface area contributed by atoms with E-state index >= 15 is 0 Å². The predicted molar refractivity (Wildman–Crippen MR) is 100.0 cm³/mol. The minimum Gasteiger partial charge on any atom is -0.505 e. The van der Waals surface area contributed by atoms with Gasteiger partial charge in [0.15, 0.2) is 5.75 Å². The molecule has 2 N–H and O–H groups in total. The van der Waals surface area contributed by atoms with Gasteiger partial charge < -0.3 is 20.1 Å². The summed E-state index contributed by atoms with van der Waals surface area (Å²) in [5, 5.41) is 12.6. The van der Waals surface area contributed by atoms with Crippen LogP contribution in [0.4, 0.5) is 24.5 Å². The standard InChI is InChI=1S/C20H17F3N2O5/c1-30-19(29)14-6-3-7-15(17(14)27)24-18(28)11-8-16(26)25(10-11)13-5-2-4-12(9-13)20(21,22)23/h2-7,9,11,27H,8,10H2,1H3,(H,24,28). The number of benzene rings is 2. The number of carbonyl (C=O) groups excluding carboxylic acids is 3. The third kappa shape index (κ3) is 4.22. The molecule has 0 radical (unpaired) electrons. The molecule has 1 heterocycles. The Hall–Kier alpha value is -3.56. The van der Waals surface area contributed by atoms with Gasteiger partial charge in [-0.3, -0.25) is 9.59 Å². The van der Waals surface area contributed by atoms with Crippen molar-refractivity contribution in [1.82, 2.24) is 0 Å². The number of alkyl halides is 3. The monoisotopic (exact) mass is 422 g/mol. The number of ether oxygens (including phenoxy) is 1. The quantitative estimate of drug-likeness (QED) is 0.583. The molecule has 0 aromatic heterocycles. The van der Waals surface area contributed by atoms with Crippen molar-refractivity contribution >= 4 is 29.2 Å². The fourth-order valence-electron chi connectivity index (χ4n) is 3.14. The predicted octanol–water partition coefficient (Wildman–Crippen LogP) is 3.19. The molecule has 10 heteroatoms. The number of anilines is 2. The lowest BCUT2D eigenvalue weighted by atomic mass is 10.1. The maximum atomic E-state index is 12.9. The molecule has 0 aliphatic carbocycles. The summed E-state index contributed by atoms with van der Waals surface area (Å²) in [6.45, 7) is -0.122. The van der Waals surface area contributed by atoms with Crippen LogP contribution >= 0.6 is 0 Å². The van der Waals surface area contributed by atoms with Crippen LogP contribution in [0.25, 0.3) is 0 Å². The highest BCUT2D eigenvalue weighted by Gasteiger charge is 2.37. The van der Waals surface area contributed by atoms with Crippen LogP contribution in [0.5, 0.6) is 5.75 Å². The van der Waals surface area contributed by atoms with Crippen molar-refractivity contribution in [3.8, 4) is 5.75 Å². The first-order valence-corrected chi connectivity index (χ1v) is 8.80. The second kappa shape index (κ2) is 8.05. The van der Waals surface area contributed by atoms with Gasteiger partial charge in [-0.2, -0.15) is 13.2 Å². The molecule has 0 spiro atoms. The van der Waals surface area contributed by atoms with Crippen molar-refractivity contribution in [3.05, 3.63) is 53.6 Å². The maximum Gasteiger partial charge on any atom is 0.416 e. The lowest BCUT2D eigenvalue weighted by Gasteiger charge is -2.18. The van der Waals surface area contributed by atoms with Crippen molar-refractivity contribution < 1.29 is 37.4 Å². The van der Waals surface area contributed by atoms with Gasteiger partial charge >= 0.3 is 12.1 Å². The summed E-state index contributed by atoms with van der Waals surface area (Å²) in [4.78, 5) is 37.6. The first kappa shape index (κ1) is 21.2. The van der Waals surface area contributed by atoms with Gasteiger partial charge in [-0.1, -0.05) is 12.1 Å². The van der Waals surface area contributed by atoms with Crippen LogP contribution in [0.2, 0.25) is 0 Å². The van der Waals surface area contributed by atoms with Crippen LogP contribution in [0.15, 0.2) is 42.5 Å². The van der Waals surface area contributed by atoms with Gasteiger partial charge in [0.2, 0.25) is 11.8 Å². The van der Waals surface area contributed by atoms with E-state index in [1.165, 1.54) is 30.3 Å². The molecule has 7 nitrogen and oxygen atoms in total. The van der Waals surface area contributed by atoms with E-state index in [4.69, 9.17) is 0 Å². The van der Waals surface area contributed by atoms with Crippen LogP contribution < -0.4 is 10.2 Å². The topological polar surface area (TPSA) is 95.9 Å². The third-order valence-electron chi connectivity index (χ3n) is 4.68. The summed E-state index contributed by atoms with van der Waals surface area (Å²) in [7, 11) is 1.14. The number of hydrogen-bond acceptors (Lipinski definition) is 5. The van der Waals surface area contributed by atoms with Crippen LogP contribution in [0.1, 0.15) is 22.3 Å². The number of phenols is 1. The van der Waals surface area contributed by atoms with Crippen molar-refractivity contribution in [1.29, 1.82) is 0 Å². The normalized spacial score (nSPS) is 16.5. The minimum atomic E-state index is -4.56. The zero-order valence-electron chi connectivity index (χ0n) is 15.7. The van der Waals surface area contributed by atoms with Crippen LogP contribution in [-0.4, -0.2) is 36.5 Å². The maximum absolute atomic E-state index is 12.9. The second-order valence-electron chi connectivity index (χ2n) is 6.64. The van der Waals surface area contributed by atoms with Crippen molar-refractivity contribution in [2.24, 2.45) is 5.92 Å². The molecular formula is C20H17F3N2O5. The van der Waals surface area contributed by atoms with Gasteiger partial charge in [-0.15, -0.1) is 0 Å². The summed E-state index contributed by atoms with van der Waals surface area (Å²) in [5.41, 5.74) is -1.05. The zero-order valence-corrected chi connectivity index (χ0v) is 15.7. The number of phenolic OH excluding ortho intramolecular Hbond substituents is 1. The molecule has 1 unspecified atom stereocenters. The molecule has 1 fully saturated rings. The Morgan fingerprint density at radius 3 is 2.57 bits per heavy atom. The van der Waals surface area contributed by atoms with Gasteiger partial charge in [0.1, 0.15) is 5.56 Å². The van der Waals surface area contributed by atoms with Crippen LogP contribution in [-0.2, 0) is 20.5 Å². The highest BCUT2D eigenvalue weighted by atomic mass is 19.4. The number of rotatable bonds is 4. The smallest absolute Gasteiger partial charge is 0.416 e. The lowest BCUT2D eigenvalue weighted by Crippen LogP contribution is -2.28. The number of aromatic hydroxyl groups is 1. The molecule has 2 aromatic rings. The van der Waals surface area contributed by atoms with Crippen molar-refractivity contribution in [2.75, 3.05) is 23.9 Å². The van der Waals surface area contributed by atoms with E-state index in [0.29, 0.717) is 0 Å². The lowest BCUT2D eigenvalue weighted by molar-refractivity contribution is -0.137. The fourth-order valence-corrected chi connectivity index (χ4v) is 3.14. The van der Waals surface area contributed by atoms with Crippen molar-refractivity contribution in [3.63, 3.8) is 0 Å².